The molecular weight excluding hydrogens is 344 g/mol. The van der Waals surface area contributed by atoms with Gasteiger partial charge in [-0.25, -0.2) is 8.42 Å². The number of sulfone groups is 1. The monoisotopic (exact) mass is 370 g/mol. The first-order valence-corrected chi connectivity index (χ1v) is 11.2. The van der Waals surface area contributed by atoms with E-state index >= 15 is 0 Å². The zero-order valence-corrected chi connectivity index (χ0v) is 15.8. The molecule has 134 valence electrons. The number of thiophene rings is 1. The molecule has 2 fully saturated rings. The normalized spacial score (nSPS) is 25.1. The summed E-state index contributed by atoms with van der Waals surface area (Å²) in [4.78, 5) is 10.5. The zero-order chi connectivity index (χ0) is 17.0. The Morgan fingerprint density at radius 2 is 2.17 bits per heavy atom. The van der Waals surface area contributed by atoms with Gasteiger partial charge in [-0.3, -0.25) is 9.89 Å². The van der Waals surface area contributed by atoms with Gasteiger partial charge in [0, 0.05) is 51.2 Å². The van der Waals surface area contributed by atoms with Gasteiger partial charge in [0.25, 0.3) is 0 Å². The standard InChI is InChI=1S/C16H26N4O2S2/c1-17-16(18-11-14-4-10-24(21,22)13-14)20-7-5-19(6-8-20)12-15-3-2-9-23-15/h2-3,9,14H,4-8,10-13H2,1H3,(H,17,18). The van der Waals surface area contributed by atoms with E-state index in [1.54, 1.807) is 7.05 Å². The Balaban J connectivity index is 1.44. The molecule has 24 heavy (non-hydrogen) atoms. The molecule has 0 saturated carbocycles. The van der Waals surface area contributed by atoms with Crippen LogP contribution >= 0.6 is 11.3 Å². The molecule has 0 radical (unpaired) electrons. The lowest BCUT2D eigenvalue weighted by Crippen LogP contribution is -2.52. The molecule has 3 heterocycles. The van der Waals surface area contributed by atoms with Crippen molar-refractivity contribution in [3.05, 3.63) is 22.4 Å². The number of rotatable bonds is 4. The third-order valence-corrected chi connectivity index (χ3v) is 7.42. The Morgan fingerprint density at radius 3 is 2.75 bits per heavy atom. The zero-order valence-electron chi connectivity index (χ0n) is 14.1. The highest BCUT2D eigenvalue weighted by Gasteiger charge is 2.28. The molecule has 2 aliphatic rings. The van der Waals surface area contributed by atoms with Crippen molar-refractivity contribution in [2.24, 2.45) is 10.9 Å². The second kappa shape index (κ2) is 7.84. The summed E-state index contributed by atoms with van der Waals surface area (Å²) < 4.78 is 23.1. The van der Waals surface area contributed by atoms with Crippen LogP contribution in [0.2, 0.25) is 0 Å². The molecule has 0 spiro atoms. The van der Waals surface area contributed by atoms with Gasteiger partial charge in [0.05, 0.1) is 11.5 Å². The molecule has 0 amide bonds. The lowest BCUT2D eigenvalue weighted by atomic mass is 10.1. The SMILES string of the molecule is CN=C(NCC1CCS(=O)(=O)C1)N1CCN(Cc2cccs2)CC1. The van der Waals surface area contributed by atoms with Gasteiger partial charge < -0.3 is 10.2 Å². The van der Waals surface area contributed by atoms with E-state index in [2.05, 4.69) is 37.6 Å². The predicted octanol–water partition coefficient (Wildman–Crippen LogP) is 0.876. The van der Waals surface area contributed by atoms with Crippen LogP contribution < -0.4 is 5.32 Å². The highest BCUT2D eigenvalue weighted by atomic mass is 32.2. The highest BCUT2D eigenvalue weighted by Crippen LogP contribution is 2.17. The molecule has 1 aromatic rings. The topological polar surface area (TPSA) is 65.0 Å². The fourth-order valence-electron chi connectivity index (χ4n) is 3.34. The molecular formula is C16H26N4O2S2. The smallest absolute Gasteiger partial charge is 0.193 e. The maximum Gasteiger partial charge on any atom is 0.193 e. The summed E-state index contributed by atoms with van der Waals surface area (Å²) in [6.45, 7) is 5.67. The van der Waals surface area contributed by atoms with E-state index in [1.165, 1.54) is 4.88 Å². The number of hydrogen-bond donors (Lipinski definition) is 1. The predicted molar refractivity (Wildman–Crippen MR) is 99.3 cm³/mol. The number of nitrogens with zero attached hydrogens (tertiary/aromatic N) is 3. The second-order valence-electron chi connectivity index (χ2n) is 6.54. The quantitative estimate of drug-likeness (QED) is 0.630. The van der Waals surface area contributed by atoms with Gasteiger partial charge in [-0.1, -0.05) is 6.07 Å². The van der Waals surface area contributed by atoms with Crippen molar-refractivity contribution in [1.82, 2.24) is 15.1 Å². The van der Waals surface area contributed by atoms with E-state index in [9.17, 15) is 8.42 Å². The van der Waals surface area contributed by atoms with E-state index < -0.39 is 9.84 Å². The molecule has 2 saturated heterocycles. The molecule has 1 N–H and O–H groups in total. The van der Waals surface area contributed by atoms with E-state index in [1.807, 2.05) is 11.3 Å². The van der Waals surface area contributed by atoms with Crippen LogP contribution in [-0.2, 0) is 16.4 Å². The van der Waals surface area contributed by atoms with E-state index in [4.69, 9.17) is 0 Å². The summed E-state index contributed by atoms with van der Waals surface area (Å²) in [5.74, 6) is 1.76. The Bertz CT molecular complexity index is 650. The highest BCUT2D eigenvalue weighted by molar-refractivity contribution is 7.91. The maximum absolute atomic E-state index is 11.6. The minimum Gasteiger partial charge on any atom is -0.356 e. The van der Waals surface area contributed by atoms with Crippen molar-refractivity contribution in [2.45, 2.75) is 13.0 Å². The van der Waals surface area contributed by atoms with Crippen molar-refractivity contribution >= 4 is 27.1 Å². The average Bonchev–Trinajstić information content (AvgIpc) is 3.19. The summed E-state index contributed by atoms with van der Waals surface area (Å²) in [6, 6.07) is 4.29. The number of piperazine rings is 1. The maximum atomic E-state index is 11.6. The Labute approximate surface area is 148 Å². The van der Waals surface area contributed by atoms with Gasteiger partial charge >= 0.3 is 0 Å². The lowest BCUT2D eigenvalue weighted by Gasteiger charge is -2.36. The molecule has 1 aromatic heterocycles. The minimum atomic E-state index is -2.81. The van der Waals surface area contributed by atoms with Crippen LogP contribution in [0.4, 0.5) is 0 Å². The summed E-state index contributed by atoms with van der Waals surface area (Å²) in [5.41, 5.74) is 0. The third-order valence-electron chi connectivity index (χ3n) is 4.72. The molecule has 0 bridgehead atoms. The number of hydrogen-bond acceptors (Lipinski definition) is 5. The summed E-state index contributed by atoms with van der Waals surface area (Å²) in [6.07, 6.45) is 0.765. The van der Waals surface area contributed by atoms with Crippen molar-refractivity contribution in [1.29, 1.82) is 0 Å². The van der Waals surface area contributed by atoms with Gasteiger partial charge in [0.1, 0.15) is 0 Å². The van der Waals surface area contributed by atoms with Crippen molar-refractivity contribution in [3.8, 4) is 0 Å². The van der Waals surface area contributed by atoms with Crippen LogP contribution in [0.25, 0.3) is 0 Å². The fraction of sp³-hybridized carbons (Fsp3) is 0.688. The third kappa shape index (κ3) is 4.70. The van der Waals surface area contributed by atoms with E-state index in [0.717, 1.165) is 45.1 Å². The number of nitrogens with one attached hydrogen (secondary N) is 1. The van der Waals surface area contributed by atoms with Crippen molar-refractivity contribution < 1.29 is 8.42 Å². The molecule has 0 aliphatic carbocycles. The molecule has 2 aliphatic heterocycles. The first kappa shape index (κ1) is 17.7. The minimum absolute atomic E-state index is 0.215. The van der Waals surface area contributed by atoms with E-state index in [-0.39, 0.29) is 5.92 Å². The second-order valence-corrected chi connectivity index (χ2v) is 9.80. The van der Waals surface area contributed by atoms with Crippen LogP contribution in [0.5, 0.6) is 0 Å². The van der Waals surface area contributed by atoms with Crippen LogP contribution in [0.15, 0.2) is 22.5 Å². The Morgan fingerprint density at radius 1 is 1.38 bits per heavy atom. The van der Waals surface area contributed by atoms with Crippen LogP contribution in [0.3, 0.4) is 0 Å². The first-order valence-electron chi connectivity index (χ1n) is 8.46. The van der Waals surface area contributed by atoms with Crippen molar-refractivity contribution in [3.63, 3.8) is 0 Å². The molecule has 0 aromatic carbocycles. The number of guanidine groups is 1. The van der Waals surface area contributed by atoms with Gasteiger partial charge in [-0.15, -0.1) is 11.3 Å². The first-order chi connectivity index (χ1) is 11.6. The van der Waals surface area contributed by atoms with E-state index in [0.29, 0.717) is 18.1 Å². The average molecular weight is 371 g/mol. The van der Waals surface area contributed by atoms with Gasteiger partial charge in [-0.2, -0.15) is 0 Å². The van der Waals surface area contributed by atoms with Crippen LogP contribution in [0, 0.1) is 5.92 Å². The molecule has 6 nitrogen and oxygen atoms in total. The Kier molecular flexibility index (Phi) is 5.78. The molecule has 1 atom stereocenters. The van der Waals surface area contributed by atoms with Gasteiger partial charge in [0.2, 0.25) is 0 Å². The Hall–Kier alpha value is -1.12. The largest absolute Gasteiger partial charge is 0.356 e. The molecule has 3 rings (SSSR count). The summed E-state index contributed by atoms with van der Waals surface area (Å²) in [7, 11) is -1.01. The fourth-order valence-corrected chi connectivity index (χ4v) is 5.95. The molecule has 1 unspecified atom stereocenters. The summed E-state index contributed by atoms with van der Waals surface area (Å²) >= 11 is 1.81. The summed E-state index contributed by atoms with van der Waals surface area (Å²) in [5, 5.41) is 5.50. The van der Waals surface area contributed by atoms with Crippen LogP contribution in [-0.4, -0.2) is 75.5 Å². The molecule has 8 heteroatoms. The van der Waals surface area contributed by atoms with Crippen LogP contribution in [0.1, 0.15) is 11.3 Å². The van der Waals surface area contributed by atoms with Gasteiger partial charge in [-0.05, 0) is 23.8 Å². The lowest BCUT2D eigenvalue weighted by molar-refractivity contribution is 0.173. The van der Waals surface area contributed by atoms with Crippen molar-refractivity contribution in [2.75, 3.05) is 51.3 Å². The van der Waals surface area contributed by atoms with Gasteiger partial charge in [0.15, 0.2) is 15.8 Å². The number of aliphatic imine (C=N–C) groups is 1.